The summed E-state index contributed by atoms with van der Waals surface area (Å²) in [5, 5.41) is 6.21. The van der Waals surface area contributed by atoms with Gasteiger partial charge in [0.05, 0.1) is 5.92 Å². The number of carbonyl (C=O) groups excluding carboxylic acids is 3. The molecule has 0 saturated carbocycles. The zero-order chi connectivity index (χ0) is 23.3. The quantitative estimate of drug-likeness (QED) is 0.631. The van der Waals surface area contributed by atoms with E-state index in [0.29, 0.717) is 41.2 Å². The normalized spacial score (nSPS) is 15.7. The number of nitrogens with one attached hydrogen (secondary N) is 2. The Balaban J connectivity index is 1.51. The second-order valence-electron chi connectivity index (χ2n) is 8.34. The van der Waals surface area contributed by atoms with E-state index in [9.17, 15) is 14.4 Å². The van der Waals surface area contributed by atoms with Gasteiger partial charge in [0, 0.05) is 35.9 Å². The monoisotopic (exact) mass is 457 g/mol. The molecule has 1 aliphatic heterocycles. The van der Waals surface area contributed by atoms with E-state index in [-0.39, 0.29) is 36.7 Å². The molecule has 1 atom stereocenters. The molecule has 0 aromatic heterocycles. The first-order valence-corrected chi connectivity index (χ1v) is 11.0. The summed E-state index contributed by atoms with van der Waals surface area (Å²) in [4.78, 5) is 38.4. The third-order valence-corrected chi connectivity index (χ3v) is 5.56. The van der Waals surface area contributed by atoms with Crippen molar-refractivity contribution in [2.45, 2.75) is 27.2 Å². The van der Waals surface area contributed by atoms with Crippen LogP contribution in [0.2, 0.25) is 5.02 Å². The first-order chi connectivity index (χ1) is 15.2. The van der Waals surface area contributed by atoms with Gasteiger partial charge in [-0.2, -0.15) is 0 Å². The standard InChI is InChI=1S/C24H28ClN3O4/c1-15(2)12-26-24(31)17-10-23(30)28(13-17)19-6-8-20(9-7-19)32-14-22(29)27-18-5-4-16(3)21(25)11-18/h4-9,11,15,17H,10,12-14H2,1-3H3,(H,26,31)(H,27,29)/t17-/m0/s1. The lowest BCUT2D eigenvalue weighted by molar-refractivity contribution is -0.126. The molecule has 7 nitrogen and oxygen atoms in total. The van der Waals surface area contributed by atoms with Crippen LogP contribution in [0.3, 0.4) is 0 Å². The summed E-state index contributed by atoms with van der Waals surface area (Å²) in [6.45, 7) is 6.73. The Hall–Kier alpha value is -3.06. The predicted octanol–water partition coefficient (Wildman–Crippen LogP) is 3.79. The van der Waals surface area contributed by atoms with Gasteiger partial charge < -0.3 is 20.3 Å². The van der Waals surface area contributed by atoms with Crippen molar-refractivity contribution in [3.63, 3.8) is 0 Å². The van der Waals surface area contributed by atoms with Gasteiger partial charge in [-0.25, -0.2) is 0 Å². The maximum atomic E-state index is 12.4. The largest absolute Gasteiger partial charge is 0.484 e. The number of halogens is 1. The van der Waals surface area contributed by atoms with E-state index in [4.69, 9.17) is 16.3 Å². The highest BCUT2D eigenvalue weighted by molar-refractivity contribution is 6.31. The number of hydrogen-bond acceptors (Lipinski definition) is 4. The number of ether oxygens (including phenoxy) is 1. The summed E-state index contributed by atoms with van der Waals surface area (Å²) in [7, 11) is 0. The van der Waals surface area contributed by atoms with E-state index in [0.717, 1.165) is 5.56 Å². The van der Waals surface area contributed by atoms with Crippen LogP contribution in [0.1, 0.15) is 25.8 Å². The van der Waals surface area contributed by atoms with Gasteiger partial charge in [0.2, 0.25) is 11.8 Å². The molecule has 0 radical (unpaired) electrons. The molecule has 0 spiro atoms. The number of aryl methyl sites for hydroxylation is 1. The Bertz CT molecular complexity index is 991. The fourth-order valence-corrected chi connectivity index (χ4v) is 3.50. The van der Waals surface area contributed by atoms with Crippen LogP contribution >= 0.6 is 11.6 Å². The van der Waals surface area contributed by atoms with Crippen molar-refractivity contribution in [3.8, 4) is 5.75 Å². The van der Waals surface area contributed by atoms with Gasteiger partial charge in [-0.05, 0) is 54.8 Å². The van der Waals surface area contributed by atoms with Crippen LogP contribution in [0.5, 0.6) is 5.75 Å². The summed E-state index contributed by atoms with van der Waals surface area (Å²) in [6.07, 6.45) is 0.200. The fraction of sp³-hybridized carbons (Fsp3) is 0.375. The highest BCUT2D eigenvalue weighted by Crippen LogP contribution is 2.27. The maximum absolute atomic E-state index is 12.4. The second kappa shape index (κ2) is 10.5. The van der Waals surface area contributed by atoms with E-state index >= 15 is 0 Å². The molecule has 1 fully saturated rings. The lowest BCUT2D eigenvalue weighted by Gasteiger charge is -2.17. The molecular weight excluding hydrogens is 430 g/mol. The summed E-state index contributed by atoms with van der Waals surface area (Å²) in [5.74, 6) is 0.0326. The zero-order valence-corrected chi connectivity index (χ0v) is 19.2. The van der Waals surface area contributed by atoms with Crippen molar-refractivity contribution in [3.05, 3.63) is 53.1 Å². The van der Waals surface area contributed by atoms with Gasteiger partial charge in [0.15, 0.2) is 6.61 Å². The first kappa shape index (κ1) is 23.6. The Morgan fingerprint density at radius 2 is 1.91 bits per heavy atom. The van der Waals surface area contributed by atoms with E-state index in [1.165, 1.54) is 0 Å². The highest BCUT2D eigenvalue weighted by atomic mass is 35.5. The van der Waals surface area contributed by atoms with E-state index in [1.807, 2.05) is 26.8 Å². The van der Waals surface area contributed by atoms with Crippen molar-refractivity contribution >= 4 is 40.7 Å². The number of anilines is 2. The number of benzene rings is 2. The summed E-state index contributed by atoms with van der Waals surface area (Å²) < 4.78 is 5.54. The first-order valence-electron chi connectivity index (χ1n) is 10.6. The van der Waals surface area contributed by atoms with Crippen LogP contribution in [0, 0.1) is 18.8 Å². The molecule has 0 aliphatic carbocycles. The molecular formula is C24H28ClN3O4. The minimum Gasteiger partial charge on any atom is -0.484 e. The molecule has 1 aliphatic rings. The minimum atomic E-state index is -0.351. The van der Waals surface area contributed by atoms with E-state index in [2.05, 4.69) is 10.6 Å². The molecule has 1 saturated heterocycles. The van der Waals surface area contributed by atoms with Crippen molar-refractivity contribution in [2.75, 3.05) is 29.9 Å². The van der Waals surface area contributed by atoms with Gasteiger partial charge in [0.25, 0.3) is 5.91 Å². The number of hydrogen-bond donors (Lipinski definition) is 2. The van der Waals surface area contributed by atoms with Crippen LogP contribution in [-0.4, -0.2) is 37.4 Å². The van der Waals surface area contributed by atoms with Crippen molar-refractivity contribution in [1.82, 2.24) is 5.32 Å². The van der Waals surface area contributed by atoms with Gasteiger partial charge in [-0.15, -0.1) is 0 Å². The average Bonchev–Trinajstić information content (AvgIpc) is 3.15. The van der Waals surface area contributed by atoms with Crippen molar-refractivity contribution in [2.24, 2.45) is 11.8 Å². The average molecular weight is 458 g/mol. The number of carbonyl (C=O) groups is 3. The van der Waals surface area contributed by atoms with Gasteiger partial charge in [-0.3, -0.25) is 14.4 Å². The summed E-state index contributed by atoms with van der Waals surface area (Å²) in [5.41, 5.74) is 2.23. The molecule has 170 valence electrons. The smallest absolute Gasteiger partial charge is 0.262 e. The molecule has 8 heteroatoms. The third kappa shape index (κ3) is 6.23. The van der Waals surface area contributed by atoms with Gasteiger partial charge in [0.1, 0.15) is 5.75 Å². The Morgan fingerprint density at radius 1 is 1.19 bits per heavy atom. The van der Waals surface area contributed by atoms with Gasteiger partial charge >= 0.3 is 0 Å². The topological polar surface area (TPSA) is 87.7 Å². The molecule has 0 unspecified atom stereocenters. The molecule has 1 heterocycles. The van der Waals surface area contributed by atoms with Crippen LogP contribution in [0.4, 0.5) is 11.4 Å². The maximum Gasteiger partial charge on any atom is 0.262 e. The molecule has 3 amide bonds. The zero-order valence-electron chi connectivity index (χ0n) is 18.5. The second-order valence-corrected chi connectivity index (χ2v) is 8.75. The molecule has 0 bridgehead atoms. The fourth-order valence-electron chi connectivity index (χ4n) is 3.32. The Morgan fingerprint density at radius 3 is 2.56 bits per heavy atom. The summed E-state index contributed by atoms with van der Waals surface area (Å²) in [6, 6.07) is 12.2. The van der Waals surface area contributed by atoms with Crippen molar-refractivity contribution < 1.29 is 19.1 Å². The highest BCUT2D eigenvalue weighted by Gasteiger charge is 2.35. The molecule has 2 N–H and O–H groups in total. The minimum absolute atomic E-state index is 0.0838. The lowest BCUT2D eigenvalue weighted by Crippen LogP contribution is -2.35. The van der Waals surface area contributed by atoms with Crippen molar-refractivity contribution in [1.29, 1.82) is 0 Å². The lowest BCUT2D eigenvalue weighted by atomic mass is 10.1. The van der Waals surface area contributed by atoms with Gasteiger partial charge in [-0.1, -0.05) is 31.5 Å². The Kier molecular flexibility index (Phi) is 7.75. The van der Waals surface area contributed by atoms with E-state index in [1.54, 1.807) is 41.3 Å². The SMILES string of the molecule is Cc1ccc(NC(=O)COc2ccc(N3C[C@@H](C(=O)NCC(C)C)CC3=O)cc2)cc1Cl. The Labute approximate surface area is 193 Å². The number of nitrogens with zero attached hydrogens (tertiary/aromatic N) is 1. The van der Waals surface area contributed by atoms with Crippen LogP contribution in [0.25, 0.3) is 0 Å². The molecule has 2 aromatic carbocycles. The molecule has 2 aromatic rings. The number of rotatable bonds is 8. The van der Waals surface area contributed by atoms with Crippen LogP contribution in [-0.2, 0) is 14.4 Å². The third-order valence-electron chi connectivity index (χ3n) is 5.15. The molecule has 3 rings (SSSR count). The van der Waals surface area contributed by atoms with Crippen LogP contribution in [0.15, 0.2) is 42.5 Å². The molecule has 32 heavy (non-hydrogen) atoms. The van der Waals surface area contributed by atoms with E-state index < -0.39 is 0 Å². The number of amides is 3. The predicted molar refractivity (Wildman–Crippen MR) is 125 cm³/mol. The summed E-state index contributed by atoms with van der Waals surface area (Å²) >= 11 is 6.07. The van der Waals surface area contributed by atoms with Crippen LogP contribution < -0.4 is 20.3 Å².